The van der Waals surface area contributed by atoms with Crippen molar-refractivity contribution >= 4 is 11.7 Å². The fourth-order valence-corrected chi connectivity index (χ4v) is 1.75. The quantitative estimate of drug-likeness (QED) is 0.687. The molecule has 0 amide bonds. The molecule has 6 nitrogen and oxygen atoms in total. The van der Waals surface area contributed by atoms with E-state index in [2.05, 4.69) is 0 Å². The summed E-state index contributed by atoms with van der Waals surface area (Å²) in [6.45, 7) is 1.48. The number of hydrogen-bond acceptors (Lipinski definition) is 4. The Kier molecular flexibility index (Phi) is 3.84. The minimum absolute atomic E-state index is 0.131. The lowest BCUT2D eigenvalue weighted by Crippen LogP contribution is -1.99. The van der Waals surface area contributed by atoms with E-state index in [0.29, 0.717) is 0 Å². The summed E-state index contributed by atoms with van der Waals surface area (Å²) in [6.07, 6.45) is 0. The van der Waals surface area contributed by atoms with Gasteiger partial charge in [-0.05, 0) is 31.2 Å². The molecule has 0 fully saturated rings. The molecule has 0 aliphatic rings. The molecule has 2 aromatic carbocycles. The lowest BCUT2D eigenvalue weighted by atomic mass is 10.2. The molecule has 0 aliphatic carbocycles. The average molecular weight is 291 g/mol. The van der Waals surface area contributed by atoms with E-state index in [1.54, 1.807) is 0 Å². The maximum atomic E-state index is 13.8. The van der Waals surface area contributed by atoms with E-state index < -0.39 is 16.7 Å². The van der Waals surface area contributed by atoms with Crippen LogP contribution in [0.1, 0.15) is 15.9 Å². The molecule has 0 saturated carbocycles. The topological polar surface area (TPSA) is 89.7 Å². The highest BCUT2D eigenvalue weighted by molar-refractivity contribution is 5.87. The summed E-state index contributed by atoms with van der Waals surface area (Å²) >= 11 is 0. The van der Waals surface area contributed by atoms with Gasteiger partial charge in [0.1, 0.15) is 5.75 Å². The van der Waals surface area contributed by atoms with E-state index in [4.69, 9.17) is 9.84 Å². The van der Waals surface area contributed by atoms with Crippen molar-refractivity contribution in [1.82, 2.24) is 0 Å². The average Bonchev–Trinajstić information content (AvgIpc) is 2.42. The zero-order valence-electron chi connectivity index (χ0n) is 10.9. The number of carboxylic acid groups (broad SMARTS) is 1. The van der Waals surface area contributed by atoms with Crippen molar-refractivity contribution in [2.45, 2.75) is 6.92 Å². The predicted octanol–water partition coefficient (Wildman–Crippen LogP) is 3.53. The molecule has 0 heterocycles. The van der Waals surface area contributed by atoms with Gasteiger partial charge in [-0.1, -0.05) is 6.07 Å². The predicted molar refractivity (Wildman–Crippen MR) is 71.3 cm³/mol. The van der Waals surface area contributed by atoms with Gasteiger partial charge in [-0.15, -0.1) is 0 Å². The third-order valence-corrected chi connectivity index (χ3v) is 2.85. The summed E-state index contributed by atoms with van der Waals surface area (Å²) < 4.78 is 19.1. The Labute approximate surface area is 118 Å². The highest BCUT2D eigenvalue weighted by Gasteiger charge is 2.16. The molecule has 0 saturated heterocycles. The Bertz CT molecular complexity index is 729. The minimum atomic E-state index is -1.26. The summed E-state index contributed by atoms with van der Waals surface area (Å²) in [7, 11) is 0. The molecule has 0 aliphatic heterocycles. The fraction of sp³-hybridized carbons (Fsp3) is 0.0714. The Morgan fingerprint density at radius 1 is 1.29 bits per heavy atom. The molecule has 108 valence electrons. The smallest absolute Gasteiger partial charge is 0.335 e. The second kappa shape index (κ2) is 5.58. The number of benzene rings is 2. The Balaban J connectivity index is 2.37. The number of rotatable bonds is 4. The van der Waals surface area contributed by atoms with E-state index in [-0.39, 0.29) is 28.3 Å². The number of carbonyl (C=O) groups is 1. The highest BCUT2D eigenvalue weighted by Crippen LogP contribution is 2.32. The Hall–Kier alpha value is -2.96. The van der Waals surface area contributed by atoms with Gasteiger partial charge >= 0.3 is 5.97 Å². The van der Waals surface area contributed by atoms with Crippen molar-refractivity contribution in [3.05, 3.63) is 63.5 Å². The van der Waals surface area contributed by atoms with Gasteiger partial charge < -0.3 is 9.84 Å². The Morgan fingerprint density at radius 2 is 2.00 bits per heavy atom. The molecule has 0 radical (unpaired) electrons. The van der Waals surface area contributed by atoms with Crippen molar-refractivity contribution in [3.63, 3.8) is 0 Å². The summed E-state index contributed by atoms with van der Waals surface area (Å²) in [5, 5.41) is 19.6. The van der Waals surface area contributed by atoms with Crippen LogP contribution in [0, 0.1) is 22.9 Å². The molecule has 2 aromatic rings. The third-order valence-electron chi connectivity index (χ3n) is 2.85. The zero-order valence-corrected chi connectivity index (χ0v) is 10.9. The molecule has 2 rings (SSSR count). The van der Waals surface area contributed by atoms with Gasteiger partial charge in [-0.25, -0.2) is 9.18 Å². The number of nitrogens with zero attached hydrogens (tertiary/aromatic N) is 1. The summed E-state index contributed by atoms with van der Waals surface area (Å²) in [5.74, 6) is -2.19. The van der Waals surface area contributed by atoms with Crippen LogP contribution in [0.2, 0.25) is 0 Å². The standard InChI is InChI=1S/C14H10FNO5/c1-8-11(16(19)20)3-2-4-12(8)21-13-6-5-9(14(17)18)7-10(13)15/h2-7H,1H3,(H,17,18). The molecule has 21 heavy (non-hydrogen) atoms. The first-order valence-electron chi connectivity index (χ1n) is 5.85. The number of halogens is 1. The fourth-order valence-electron chi connectivity index (χ4n) is 1.75. The van der Waals surface area contributed by atoms with Crippen molar-refractivity contribution in [2.24, 2.45) is 0 Å². The summed E-state index contributed by atoms with van der Waals surface area (Å²) in [5.41, 5.74) is -0.102. The van der Waals surface area contributed by atoms with Crippen molar-refractivity contribution in [2.75, 3.05) is 0 Å². The lowest BCUT2D eigenvalue weighted by Gasteiger charge is -2.09. The first kappa shape index (κ1) is 14.4. The van der Waals surface area contributed by atoms with Crippen LogP contribution in [0.4, 0.5) is 10.1 Å². The molecule has 0 atom stereocenters. The second-order valence-corrected chi connectivity index (χ2v) is 4.21. The van der Waals surface area contributed by atoms with Crippen molar-refractivity contribution in [1.29, 1.82) is 0 Å². The van der Waals surface area contributed by atoms with Crippen LogP contribution in [0.15, 0.2) is 36.4 Å². The van der Waals surface area contributed by atoms with Crippen LogP contribution < -0.4 is 4.74 Å². The molecule has 7 heteroatoms. The SMILES string of the molecule is Cc1c(Oc2ccc(C(=O)O)cc2F)cccc1[N+](=O)[O-]. The third kappa shape index (κ3) is 2.97. The van der Waals surface area contributed by atoms with Crippen LogP contribution in [-0.2, 0) is 0 Å². The maximum Gasteiger partial charge on any atom is 0.335 e. The summed E-state index contributed by atoms with van der Waals surface area (Å²) in [4.78, 5) is 21.0. The van der Waals surface area contributed by atoms with Gasteiger partial charge in [0.2, 0.25) is 0 Å². The highest BCUT2D eigenvalue weighted by atomic mass is 19.1. The number of hydrogen-bond donors (Lipinski definition) is 1. The van der Waals surface area contributed by atoms with E-state index in [0.717, 1.165) is 12.1 Å². The maximum absolute atomic E-state index is 13.8. The van der Waals surface area contributed by atoms with Crippen LogP contribution >= 0.6 is 0 Å². The van der Waals surface area contributed by atoms with Gasteiger partial charge in [-0.2, -0.15) is 0 Å². The molecular formula is C14H10FNO5. The van der Waals surface area contributed by atoms with Gasteiger partial charge in [0, 0.05) is 6.07 Å². The normalized spacial score (nSPS) is 10.2. The number of nitro groups is 1. The monoisotopic (exact) mass is 291 g/mol. The number of ether oxygens (including phenoxy) is 1. The summed E-state index contributed by atoms with van der Waals surface area (Å²) in [6, 6.07) is 7.37. The van der Waals surface area contributed by atoms with E-state index in [1.165, 1.54) is 31.2 Å². The van der Waals surface area contributed by atoms with Crippen LogP contribution in [0.25, 0.3) is 0 Å². The van der Waals surface area contributed by atoms with Crippen molar-refractivity contribution in [3.8, 4) is 11.5 Å². The largest absolute Gasteiger partial charge is 0.478 e. The Morgan fingerprint density at radius 3 is 2.57 bits per heavy atom. The molecular weight excluding hydrogens is 281 g/mol. The molecule has 0 spiro atoms. The van der Waals surface area contributed by atoms with E-state index in [9.17, 15) is 19.3 Å². The lowest BCUT2D eigenvalue weighted by molar-refractivity contribution is -0.385. The van der Waals surface area contributed by atoms with Crippen LogP contribution in [0.3, 0.4) is 0 Å². The second-order valence-electron chi connectivity index (χ2n) is 4.21. The van der Waals surface area contributed by atoms with Crippen molar-refractivity contribution < 1.29 is 24.0 Å². The van der Waals surface area contributed by atoms with Crippen LogP contribution in [-0.4, -0.2) is 16.0 Å². The van der Waals surface area contributed by atoms with Gasteiger partial charge in [0.25, 0.3) is 5.69 Å². The molecule has 0 bridgehead atoms. The van der Waals surface area contributed by atoms with E-state index >= 15 is 0 Å². The first-order chi connectivity index (χ1) is 9.90. The van der Waals surface area contributed by atoms with E-state index in [1.807, 2.05) is 0 Å². The van der Waals surface area contributed by atoms with Gasteiger partial charge in [-0.3, -0.25) is 10.1 Å². The number of carboxylic acids is 1. The molecule has 1 N–H and O–H groups in total. The van der Waals surface area contributed by atoms with Gasteiger partial charge in [0.05, 0.1) is 16.1 Å². The first-order valence-corrected chi connectivity index (χ1v) is 5.85. The number of aromatic carboxylic acids is 1. The molecule has 0 unspecified atom stereocenters. The minimum Gasteiger partial charge on any atom is -0.478 e. The number of nitro benzene ring substituents is 1. The molecule has 0 aromatic heterocycles. The van der Waals surface area contributed by atoms with Crippen LogP contribution in [0.5, 0.6) is 11.5 Å². The van der Waals surface area contributed by atoms with Gasteiger partial charge in [0.15, 0.2) is 11.6 Å². The zero-order chi connectivity index (χ0) is 15.6.